The molecule has 21 heavy (non-hydrogen) atoms. The Morgan fingerprint density at radius 3 is 2.38 bits per heavy atom. The fourth-order valence-corrected chi connectivity index (χ4v) is 2.47. The fraction of sp³-hybridized carbons (Fsp3) is 0. The highest BCUT2D eigenvalue weighted by Crippen LogP contribution is 2.20. The van der Waals surface area contributed by atoms with E-state index in [1.54, 1.807) is 6.08 Å². The van der Waals surface area contributed by atoms with Crippen LogP contribution in [0.5, 0.6) is 0 Å². The summed E-state index contributed by atoms with van der Waals surface area (Å²) in [6.07, 6.45) is 1.72. The summed E-state index contributed by atoms with van der Waals surface area (Å²) in [6.45, 7) is 0. The second-order valence-corrected chi connectivity index (χ2v) is 6.56. The zero-order valence-electron chi connectivity index (χ0n) is 10.7. The Morgan fingerprint density at radius 2 is 1.71 bits per heavy atom. The van der Waals surface area contributed by atoms with Gasteiger partial charge < -0.3 is 4.74 Å². The molecule has 0 spiro atoms. The quantitative estimate of drug-likeness (QED) is 0.384. The van der Waals surface area contributed by atoms with E-state index in [2.05, 4.69) is 43.5 Å². The van der Waals surface area contributed by atoms with Gasteiger partial charge >= 0.3 is 5.97 Å². The van der Waals surface area contributed by atoms with E-state index in [0.29, 0.717) is 11.6 Å². The first-order valence-electron chi connectivity index (χ1n) is 6.16. The van der Waals surface area contributed by atoms with Crippen molar-refractivity contribution < 1.29 is 9.53 Å². The number of carbonyl (C=O) groups is 1. The average molecular weight is 454 g/mol. The Labute approximate surface area is 144 Å². The molecule has 1 aliphatic heterocycles. The lowest BCUT2D eigenvalue weighted by Crippen LogP contribution is -2.05. The van der Waals surface area contributed by atoms with Crippen LogP contribution >= 0.6 is 38.5 Å². The molecule has 2 aromatic rings. The van der Waals surface area contributed by atoms with Gasteiger partial charge in [-0.25, -0.2) is 9.79 Å². The number of halogens is 2. The van der Waals surface area contributed by atoms with Crippen LogP contribution in [-0.4, -0.2) is 11.9 Å². The van der Waals surface area contributed by atoms with E-state index in [9.17, 15) is 4.79 Å². The van der Waals surface area contributed by atoms with Gasteiger partial charge in [-0.2, -0.15) is 0 Å². The molecular weight excluding hydrogens is 445 g/mol. The van der Waals surface area contributed by atoms with Crippen molar-refractivity contribution in [2.45, 2.75) is 0 Å². The third-order valence-corrected chi connectivity index (χ3v) is 4.13. The van der Waals surface area contributed by atoms with Crippen molar-refractivity contribution >= 4 is 56.5 Å². The highest BCUT2D eigenvalue weighted by atomic mass is 127. The van der Waals surface area contributed by atoms with Crippen molar-refractivity contribution in [2.24, 2.45) is 4.99 Å². The van der Waals surface area contributed by atoms with Crippen LogP contribution in [-0.2, 0) is 9.53 Å². The maximum atomic E-state index is 11.9. The molecule has 5 heteroatoms. The number of rotatable bonds is 2. The van der Waals surface area contributed by atoms with E-state index < -0.39 is 5.97 Å². The second-order valence-electron chi connectivity index (χ2n) is 4.39. The first-order valence-corrected chi connectivity index (χ1v) is 8.03. The van der Waals surface area contributed by atoms with Crippen LogP contribution < -0.4 is 0 Å². The van der Waals surface area contributed by atoms with Gasteiger partial charge in [-0.05, 0) is 70.6 Å². The van der Waals surface area contributed by atoms with Crippen LogP contribution in [0.2, 0.25) is 0 Å². The number of hydrogen-bond donors (Lipinski definition) is 0. The molecule has 1 heterocycles. The van der Waals surface area contributed by atoms with Gasteiger partial charge in [-0.15, -0.1) is 0 Å². The van der Waals surface area contributed by atoms with Gasteiger partial charge in [0.05, 0.1) is 0 Å². The topological polar surface area (TPSA) is 38.7 Å². The van der Waals surface area contributed by atoms with Gasteiger partial charge in [-0.1, -0.05) is 28.1 Å². The van der Waals surface area contributed by atoms with Crippen molar-refractivity contribution in [2.75, 3.05) is 0 Å². The number of nitrogens with zero attached hydrogens (tertiary/aromatic N) is 1. The van der Waals surface area contributed by atoms with E-state index in [0.717, 1.165) is 19.2 Å². The molecule has 104 valence electrons. The first-order chi connectivity index (χ1) is 10.1. The number of benzene rings is 2. The van der Waals surface area contributed by atoms with Crippen LogP contribution in [0.15, 0.2) is 63.7 Å². The molecule has 0 saturated carbocycles. The lowest BCUT2D eigenvalue weighted by Gasteiger charge is -1.98. The molecule has 0 aliphatic carbocycles. The molecule has 0 radical (unpaired) electrons. The smallest absolute Gasteiger partial charge is 0.363 e. The summed E-state index contributed by atoms with van der Waals surface area (Å²) in [4.78, 5) is 16.2. The van der Waals surface area contributed by atoms with Crippen molar-refractivity contribution in [3.63, 3.8) is 0 Å². The van der Waals surface area contributed by atoms with Gasteiger partial charge in [0.1, 0.15) is 0 Å². The molecule has 0 N–H and O–H groups in total. The maximum Gasteiger partial charge on any atom is 0.363 e. The summed E-state index contributed by atoms with van der Waals surface area (Å²) in [5.74, 6) is -0.0776. The van der Waals surface area contributed by atoms with E-state index in [4.69, 9.17) is 4.74 Å². The van der Waals surface area contributed by atoms with E-state index in [1.165, 1.54) is 0 Å². The summed E-state index contributed by atoms with van der Waals surface area (Å²) >= 11 is 5.60. The number of cyclic esters (lactones) is 1. The van der Waals surface area contributed by atoms with Gasteiger partial charge in [0.2, 0.25) is 5.90 Å². The van der Waals surface area contributed by atoms with Crippen LogP contribution in [0, 0.1) is 3.57 Å². The van der Waals surface area contributed by atoms with Gasteiger partial charge in [0, 0.05) is 13.6 Å². The maximum absolute atomic E-state index is 11.9. The first kappa shape index (κ1) is 14.5. The lowest BCUT2D eigenvalue weighted by atomic mass is 10.2. The molecule has 0 saturated heterocycles. The SMILES string of the molecule is O=C1OC(c2ccc(I)cc2)=NC1=Cc1ccc(Br)cc1. The zero-order valence-corrected chi connectivity index (χ0v) is 14.5. The lowest BCUT2D eigenvalue weighted by molar-refractivity contribution is -0.129. The molecule has 0 unspecified atom stereocenters. The molecule has 1 aliphatic rings. The van der Waals surface area contributed by atoms with E-state index in [-0.39, 0.29) is 0 Å². The summed E-state index contributed by atoms with van der Waals surface area (Å²) in [5, 5.41) is 0. The molecular formula is C16H9BrINO2. The van der Waals surface area contributed by atoms with Crippen LogP contribution in [0.4, 0.5) is 0 Å². The summed E-state index contributed by atoms with van der Waals surface area (Å²) in [6, 6.07) is 15.3. The minimum Gasteiger partial charge on any atom is -0.402 e. The number of carbonyl (C=O) groups excluding carboxylic acids is 1. The number of aliphatic imine (C=N–C) groups is 1. The van der Waals surface area contributed by atoms with Gasteiger partial charge in [-0.3, -0.25) is 0 Å². The standard InChI is InChI=1S/C16H9BrINO2/c17-12-5-1-10(2-6-12)9-14-16(20)21-15(19-14)11-3-7-13(18)8-4-11/h1-9H. The van der Waals surface area contributed by atoms with Crippen molar-refractivity contribution in [3.8, 4) is 0 Å². The van der Waals surface area contributed by atoms with Gasteiger partial charge in [0.15, 0.2) is 5.70 Å². The summed E-state index contributed by atoms with van der Waals surface area (Å²) < 4.78 is 7.33. The monoisotopic (exact) mass is 453 g/mol. The third kappa shape index (κ3) is 3.41. The predicted molar refractivity (Wildman–Crippen MR) is 93.9 cm³/mol. The van der Waals surface area contributed by atoms with Crippen molar-refractivity contribution in [1.82, 2.24) is 0 Å². The molecule has 3 rings (SSSR count). The van der Waals surface area contributed by atoms with Crippen molar-refractivity contribution in [1.29, 1.82) is 0 Å². The molecule has 0 atom stereocenters. The Balaban J connectivity index is 1.91. The Hall–Kier alpha value is -1.47. The number of ether oxygens (including phenoxy) is 1. The Kier molecular flexibility index (Phi) is 4.21. The van der Waals surface area contributed by atoms with E-state index >= 15 is 0 Å². The number of hydrogen-bond acceptors (Lipinski definition) is 3. The minimum absolute atomic E-state index is 0.311. The minimum atomic E-state index is -0.425. The third-order valence-electron chi connectivity index (χ3n) is 2.89. The summed E-state index contributed by atoms with van der Waals surface area (Å²) in [7, 11) is 0. The zero-order chi connectivity index (χ0) is 14.8. The largest absolute Gasteiger partial charge is 0.402 e. The van der Waals surface area contributed by atoms with Crippen LogP contribution in [0.3, 0.4) is 0 Å². The van der Waals surface area contributed by atoms with Crippen LogP contribution in [0.1, 0.15) is 11.1 Å². The molecule has 3 nitrogen and oxygen atoms in total. The molecule has 0 fully saturated rings. The molecule has 0 bridgehead atoms. The highest BCUT2D eigenvalue weighted by molar-refractivity contribution is 14.1. The van der Waals surface area contributed by atoms with Crippen molar-refractivity contribution in [3.05, 3.63) is 73.4 Å². The molecule has 0 aromatic heterocycles. The normalized spacial score (nSPS) is 16.0. The van der Waals surface area contributed by atoms with Gasteiger partial charge in [0.25, 0.3) is 0 Å². The van der Waals surface area contributed by atoms with E-state index in [1.807, 2.05) is 48.5 Å². The highest BCUT2D eigenvalue weighted by Gasteiger charge is 2.23. The predicted octanol–water partition coefficient (Wildman–Crippen LogP) is 4.40. The summed E-state index contributed by atoms with van der Waals surface area (Å²) in [5.41, 5.74) is 2.01. The molecule has 2 aromatic carbocycles. The average Bonchev–Trinajstić information content (AvgIpc) is 2.83. The van der Waals surface area contributed by atoms with Crippen LogP contribution in [0.25, 0.3) is 6.08 Å². The Bertz CT molecular complexity index is 749. The number of esters is 1. The second kappa shape index (κ2) is 6.11. The molecule has 0 amide bonds. The fourth-order valence-electron chi connectivity index (χ4n) is 1.84. The Morgan fingerprint density at radius 1 is 1.05 bits per heavy atom.